The number of benzene rings is 1. The van der Waals surface area contributed by atoms with Gasteiger partial charge >= 0.3 is 5.97 Å². The van der Waals surface area contributed by atoms with E-state index in [0.717, 1.165) is 86.1 Å². The van der Waals surface area contributed by atoms with E-state index in [9.17, 15) is 9.90 Å². The average molecular weight is 673 g/mol. The van der Waals surface area contributed by atoms with Gasteiger partial charge in [0.1, 0.15) is 6.33 Å². The Bertz CT molecular complexity index is 1690. The summed E-state index contributed by atoms with van der Waals surface area (Å²) in [6.45, 7) is 20.3. The Kier molecular flexibility index (Phi) is 9.79. The Morgan fingerprint density at radius 2 is 1.61 bits per heavy atom. The first-order chi connectivity index (χ1) is 23.3. The molecule has 0 radical (unpaired) electrons. The molecule has 0 amide bonds. The lowest BCUT2D eigenvalue weighted by atomic mass is 9.81. The van der Waals surface area contributed by atoms with Crippen LogP contribution in [-0.4, -0.2) is 84.7 Å². The number of ether oxygens (including phenoxy) is 3. The molecule has 2 saturated heterocycles. The molecule has 6 rings (SSSR count). The lowest BCUT2D eigenvalue weighted by Crippen LogP contribution is -2.39. The first-order valence-electron chi connectivity index (χ1n) is 17.5. The van der Waals surface area contributed by atoms with Gasteiger partial charge in [0.2, 0.25) is 5.75 Å². The predicted octanol–water partition coefficient (Wildman–Crippen LogP) is 6.13. The number of carboxylic acid groups (broad SMARTS) is 1. The van der Waals surface area contributed by atoms with Crippen LogP contribution >= 0.6 is 0 Å². The highest BCUT2D eigenvalue weighted by Crippen LogP contribution is 2.46. The van der Waals surface area contributed by atoms with Gasteiger partial charge in [0.25, 0.3) is 0 Å². The van der Waals surface area contributed by atoms with E-state index in [4.69, 9.17) is 19.2 Å². The van der Waals surface area contributed by atoms with Crippen molar-refractivity contribution in [3.63, 3.8) is 0 Å². The molecule has 0 bridgehead atoms. The third kappa shape index (κ3) is 7.33. The Morgan fingerprint density at radius 3 is 2.24 bits per heavy atom. The van der Waals surface area contributed by atoms with Crippen LogP contribution in [0.5, 0.6) is 5.75 Å². The van der Waals surface area contributed by atoms with Gasteiger partial charge in [-0.2, -0.15) is 0 Å². The van der Waals surface area contributed by atoms with E-state index >= 15 is 0 Å². The molecule has 49 heavy (non-hydrogen) atoms. The SMILES string of the molecule is COc1c(N2CCOCC2)ncnc1N1CCc2cc(-c3c(C)nc(C)c([C@H](OC(C)(C)C)C(=O)O)c3N3CCC(C)(C)CC3)ccc2C1. The predicted molar refractivity (Wildman–Crippen MR) is 192 cm³/mol. The summed E-state index contributed by atoms with van der Waals surface area (Å²) < 4.78 is 17.8. The Balaban J connectivity index is 1.39. The third-order valence-corrected chi connectivity index (χ3v) is 10.1. The summed E-state index contributed by atoms with van der Waals surface area (Å²) in [7, 11) is 1.69. The van der Waals surface area contributed by atoms with Gasteiger partial charge in [-0.3, -0.25) is 4.98 Å². The number of hydrogen-bond donors (Lipinski definition) is 1. The van der Waals surface area contributed by atoms with Crippen molar-refractivity contribution in [1.82, 2.24) is 15.0 Å². The highest BCUT2D eigenvalue weighted by molar-refractivity contribution is 5.88. The minimum absolute atomic E-state index is 0.231. The molecule has 11 nitrogen and oxygen atoms in total. The van der Waals surface area contributed by atoms with Crippen LogP contribution < -0.4 is 19.4 Å². The molecule has 1 N–H and O–H groups in total. The summed E-state index contributed by atoms with van der Waals surface area (Å²) in [5, 5.41) is 10.6. The lowest BCUT2D eigenvalue weighted by molar-refractivity contribution is -0.160. The molecule has 0 saturated carbocycles. The van der Waals surface area contributed by atoms with E-state index < -0.39 is 17.7 Å². The van der Waals surface area contributed by atoms with Crippen molar-refractivity contribution in [2.24, 2.45) is 5.41 Å². The maximum absolute atomic E-state index is 12.9. The number of rotatable bonds is 8. The molecular weight excluding hydrogens is 620 g/mol. The van der Waals surface area contributed by atoms with Crippen molar-refractivity contribution in [1.29, 1.82) is 0 Å². The Hall–Kier alpha value is -3.96. The largest absolute Gasteiger partial charge is 0.490 e. The maximum atomic E-state index is 12.9. The van der Waals surface area contributed by atoms with Crippen LogP contribution in [0.25, 0.3) is 11.1 Å². The normalized spacial score (nSPS) is 18.7. The number of aryl methyl sites for hydroxylation is 2. The maximum Gasteiger partial charge on any atom is 0.337 e. The molecule has 2 aromatic heterocycles. The van der Waals surface area contributed by atoms with E-state index in [0.29, 0.717) is 36.8 Å². The van der Waals surface area contributed by atoms with Crippen LogP contribution in [-0.2, 0) is 27.2 Å². The van der Waals surface area contributed by atoms with Crippen molar-refractivity contribution in [2.75, 3.05) is 67.7 Å². The number of piperidine rings is 1. The van der Waals surface area contributed by atoms with Gasteiger partial charge in [0.15, 0.2) is 17.7 Å². The van der Waals surface area contributed by atoms with Crippen LogP contribution in [0.4, 0.5) is 17.3 Å². The number of anilines is 3. The van der Waals surface area contributed by atoms with Crippen molar-refractivity contribution in [3.05, 3.63) is 52.6 Å². The van der Waals surface area contributed by atoms with E-state index in [-0.39, 0.29) is 5.41 Å². The van der Waals surface area contributed by atoms with E-state index in [2.05, 4.69) is 56.7 Å². The number of carbonyl (C=O) groups is 1. The van der Waals surface area contributed by atoms with Gasteiger partial charge in [-0.1, -0.05) is 32.0 Å². The van der Waals surface area contributed by atoms with Gasteiger partial charge in [-0.05, 0) is 76.0 Å². The molecular formula is C38H52N6O5. The molecule has 3 aromatic rings. The second kappa shape index (κ2) is 13.7. The van der Waals surface area contributed by atoms with Crippen molar-refractivity contribution in [3.8, 4) is 16.9 Å². The van der Waals surface area contributed by atoms with Crippen molar-refractivity contribution in [2.45, 2.75) is 86.0 Å². The van der Waals surface area contributed by atoms with E-state index in [1.165, 1.54) is 11.1 Å². The van der Waals surface area contributed by atoms with E-state index in [1.54, 1.807) is 13.4 Å². The monoisotopic (exact) mass is 672 g/mol. The quantitative estimate of drug-likeness (QED) is 0.298. The molecule has 0 aliphatic carbocycles. The zero-order valence-electron chi connectivity index (χ0n) is 30.4. The Labute approximate surface area is 290 Å². The molecule has 264 valence electrons. The van der Waals surface area contributed by atoms with Gasteiger partial charge in [-0.15, -0.1) is 0 Å². The summed E-state index contributed by atoms with van der Waals surface area (Å²) in [6.07, 6.45) is 3.34. The van der Waals surface area contributed by atoms with Crippen LogP contribution in [0.2, 0.25) is 0 Å². The van der Waals surface area contributed by atoms with Crippen LogP contribution in [0.15, 0.2) is 24.5 Å². The number of aromatic nitrogens is 3. The topological polar surface area (TPSA) is 113 Å². The van der Waals surface area contributed by atoms with Crippen LogP contribution in [0.1, 0.15) is 81.6 Å². The fraction of sp³-hybridized carbons (Fsp3) is 0.579. The number of carboxylic acids is 1. The summed E-state index contributed by atoms with van der Waals surface area (Å²) in [5.41, 5.74) is 7.28. The average Bonchev–Trinajstić information content (AvgIpc) is 3.06. The Morgan fingerprint density at radius 1 is 0.939 bits per heavy atom. The van der Waals surface area contributed by atoms with Crippen molar-refractivity contribution >= 4 is 23.3 Å². The van der Waals surface area contributed by atoms with Gasteiger partial charge in [-0.25, -0.2) is 14.8 Å². The molecule has 3 aliphatic heterocycles. The smallest absolute Gasteiger partial charge is 0.337 e. The number of aliphatic carboxylic acids is 1. The molecule has 0 spiro atoms. The fourth-order valence-corrected chi connectivity index (χ4v) is 7.41. The lowest BCUT2D eigenvalue weighted by Gasteiger charge is -2.41. The highest BCUT2D eigenvalue weighted by atomic mass is 16.5. The third-order valence-electron chi connectivity index (χ3n) is 10.1. The van der Waals surface area contributed by atoms with Gasteiger partial charge in [0.05, 0.1) is 31.6 Å². The van der Waals surface area contributed by atoms with Crippen LogP contribution in [0, 0.1) is 19.3 Å². The first-order valence-corrected chi connectivity index (χ1v) is 17.5. The number of morpholine rings is 1. The minimum Gasteiger partial charge on any atom is -0.490 e. The standard InChI is InChI=1S/C38H52N6O5/c1-24-29(31(42-15-12-38(6,7)13-16-42)30(25(2)41-24)32(36(45)46)49-37(3,4)5)27-9-10-28-22-44(14-11-26(28)21-27)35-33(47-8)34(39-23-40-35)43-17-19-48-20-18-43/h9-10,21,23,32H,11-20,22H2,1-8H3,(H,45,46)/t32-/m0/s1. The fourth-order valence-electron chi connectivity index (χ4n) is 7.41. The minimum atomic E-state index is -1.15. The summed E-state index contributed by atoms with van der Waals surface area (Å²) in [6, 6.07) is 6.65. The number of hydrogen-bond acceptors (Lipinski definition) is 10. The summed E-state index contributed by atoms with van der Waals surface area (Å²) in [5.74, 6) is 1.29. The molecule has 1 atom stereocenters. The highest BCUT2D eigenvalue weighted by Gasteiger charge is 2.37. The number of methoxy groups -OCH3 is 1. The van der Waals surface area contributed by atoms with E-state index in [1.807, 2.05) is 34.6 Å². The zero-order chi connectivity index (χ0) is 35.1. The second-order valence-corrected chi connectivity index (χ2v) is 15.3. The summed E-state index contributed by atoms with van der Waals surface area (Å²) in [4.78, 5) is 34.0. The number of pyridine rings is 1. The molecule has 2 fully saturated rings. The van der Waals surface area contributed by atoms with Crippen molar-refractivity contribution < 1.29 is 24.1 Å². The number of fused-ring (bicyclic) bond motifs is 1. The number of nitrogens with zero attached hydrogens (tertiary/aromatic N) is 6. The molecule has 3 aliphatic rings. The summed E-state index contributed by atoms with van der Waals surface area (Å²) >= 11 is 0. The second-order valence-electron chi connectivity index (χ2n) is 15.3. The molecule has 0 unspecified atom stereocenters. The molecule has 11 heteroatoms. The van der Waals surface area contributed by atoms with Gasteiger partial charge in [0, 0.05) is 61.8 Å². The molecule has 5 heterocycles. The van der Waals surface area contributed by atoms with Gasteiger partial charge < -0.3 is 34.0 Å². The molecule has 1 aromatic carbocycles. The van der Waals surface area contributed by atoms with Crippen LogP contribution in [0.3, 0.4) is 0 Å². The first kappa shape index (κ1) is 34.9. The zero-order valence-corrected chi connectivity index (χ0v) is 30.4.